The molecule has 33 heavy (non-hydrogen) atoms. The van der Waals surface area contributed by atoms with Crippen molar-refractivity contribution >= 4 is 17.5 Å². The number of amides is 2. The van der Waals surface area contributed by atoms with Crippen LogP contribution in [0.25, 0.3) is 0 Å². The van der Waals surface area contributed by atoms with Gasteiger partial charge in [-0.1, -0.05) is 6.07 Å². The van der Waals surface area contributed by atoms with Gasteiger partial charge in [0.1, 0.15) is 18.0 Å². The van der Waals surface area contributed by atoms with Gasteiger partial charge >= 0.3 is 0 Å². The molecule has 1 saturated heterocycles. The van der Waals surface area contributed by atoms with Crippen LogP contribution >= 0.6 is 0 Å². The van der Waals surface area contributed by atoms with Gasteiger partial charge in [0.25, 0.3) is 0 Å². The lowest BCUT2D eigenvalue weighted by atomic mass is 9.84. The zero-order valence-electron chi connectivity index (χ0n) is 18.9. The van der Waals surface area contributed by atoms with Gasteiger partial charge in [-0.2, -0.15) is 0 Å². The van der Waals surface area contributed by atoms with Crippen LogP contribution in [0.3, 0.4) is 0 Å². The second-order valence-electron chi connectivity index (χ2n) is 8.74. The topological polar surface area (TPSA) is 113 Å². The van der Waals surface area contributed by atoms with Gasteiger partial charge in [-0.25, -0.2) is 0 Å². The average Bonchev–Trinajstić information content (AvgIpc) is 3.15. The Morgan fingerprint density at radius 3 is 2.79 bits per heavy atom. The summed E-state index contributed by atoms with van der Waals surface area (Å²) < 4.78 is 12.1. The third kappa shape index (κ3) is 5.68. The molecule has 2 amide bonds. The Labute approximate surface area is 193 Å². The molecule has 0 bridgehead atoms. The van der Waals surface area contributed by atoms with E-state index in [-0.39, 0.29) is 49.5 Å². The molecule has 9 heteroatoms. The third-order valence-corrected chi connectivity index (χ3v) is 5.85. The summed E-state index contributed by atoms with van der Waals surface area (Å²) in [7, 11) is 3.68. The van der Waals surface area contributed by atoms with E-state index in [1.54, 1.807) is 17.2 Å². The minimum Gasteiger partial charge on any atom is -0.487 e. The van der Waals surface area contributed by atoms with Gasteiger partial charge in [-0.15, -0.1) is 0 Å². The molecule has 4 atom stereocenters. The summed E-state index contributed by atoms with van der Waals surface area (Å²) in [6.45, 7) is 0.438. The number of aliphatic hydroxyl groups excluding tert-OH is 1. The van der Waals surface area contributed by atoms with Gasteiger partial charge in [-0.3, -0.25) is 14.6 Å². The molecule has 1 fully saturated rings. The van der Waals surface area contributed by atoms with E-state index in [4.69, 9.17) is 9.47 Å². The van der Waals surface area contributed by atoms with Crippen molar-refractivity contribution < 1.29 is 24.2 Å². The normalized spacial score (nSPS) is 23.4. The summed E-state index contributed by atoms with van der Waals surface area (Å²) in [5.74, 6) is 0.450. The monoisotopic (exact) mass is 454 g/mol. The maximum atomic E-state index is 12.5. The van der Waals surface area contributed by atoms with Crippen LogP contribution in [0, 0.1) is 0 Å². The molecule has 1 aromatic carbocycles. The van der Waals surface area contributed by atoms with Gasteiger partial charge in [0.2, 0.25) is 11.8 Å². The fraction of sp³-hybridized carbons (Fsp3) is 0.458. The van der Waals surface area contributed by atoms with Crippen molar-refractivity contribution in [3.8, 4) is 5.75 Å². The standard InChI is InChI=1S/C24H30N4O5/c1-28(2)13-23(31)27-15-6-7-20-18(9-15)19-10-17(32-21(14-29)24(19)33-20)11-22(30)26-12-16-5-3-4-8-25-16/h3-9,17,19,21,24,29H,10-14H2,1-2H3,(H,26,30)(H,27,31)/t17-,19+,21-,24-/m1/s1. The van der Waals surface area contributed by atoms with Gasteiger partial charge in [-0.05, 0) is 50.8 Å². The Kier molecular flexibility index (Phi) is 7.22. The summed E-state index contributed by atoms with van der Waals surface area (Å²) in [6, 6.07) is 11.1. The average molecular weight is 455 g/mol. The van der Waals surface area contributed by atoms with E-state index in [0.717, 1.165) is 17.0 Å². The molecule has 0 spiro atoms. The van der Waals surface area contributed by atoms with Gasteiger partial charge < -0.3 is 30.1 Å². The van der Waals surface area contributed by atoms with Crippen LogP contribution in [0.4, 0.5) is 5.69 Å². The molecule has 9 nitrogen and oxygen atoms in total. The smallest absolute Gasteiger partial charge is 0.238 e. The highest BCUT2D eigenvalue weighted by Gasteiger charge is 2.46. The van der Waals surface area contributed by atoms with Crippen molar-refractivity contribution in [2.75, 3.05) is 32.6 Å². The van der Waals surface area contributed by atoms with Gasteiger partial charge in [0, 0.05) is 23.4 Å². The largest absolute Gasteiger partial charge is 0.487 e. The fourth-order valence-corrected chi connectivity index (χ4v) is 4.43. The summed E-state index contributed by atoms with van der Waals surface area (Å²) in [6.07, 6.45) is 1.24. The summed E-state index contributed by atoms with van der Waals surface area (Å²) >= 11 is 0. The second-order valence-corrected chi connectivity index (χ2v) is 8.74. The van der Waals surface area contributed by atoms with Crippen molar-refractivity contribution in [1.29, 1.82) is 0 Å². The Hall–Kier alpha value is -3.01. The number of hydrogen-bond acceptors (Lipinski definition) is 7. The summed E-state index contributed by atoms with van der Waals surface area (Å²) in [5, 5.41) is 15.7. The first-order valence-electron chi connectivity index (χ1n) is 11.1. The maximum Gasteiger partial charge on any atom is 0.238 e. The van der Waals surface area contributed by atoms with E-state index >= 15 is 0 Å². The van der Waals surface area contributed by atoms with Crippen molar-refractivity contribution in [3.63, 3.8) is 0 Å². The molecule has 4 rings (SSSR count). The number of carbonyl (C=O) groups excluding carboxylic acids is 2. The third-order valence-electron chi connectivity index (χ3n) is 5.85. The minimum atomic E-state index is -0.531. The Bertz CT molecular complexity index is 984. The number of hydrogen-bond donors (Lipinski definition) is 3. The van der Waals surface area contributed by atoms with E-state index in [2.05, 4.69) is 15.6 Å². The first kappa shape index (κ1) is 23.2. The number of likely N-dealkylation sites (N-methyl/N-ethyl adjacent to an activating group) is 1. The number of carbonyl (C=O) groups is 2. The predicted molar refractivity (Wildman–Crippen MR) is 122 cm³/mol. The van der Waals surface area contributed by atoms with Crippen LogP contribution in [0.2, 0.25) is 0 Å². The number of nitrogens with one attached hydrogen (secondary N) is 2. The van der Waals surface area contributed by atoms with Crippen LogP contribution in [-0.2, 0) is 20.9 Å². The highest BCUT2D eigenvalue weighted by molar-refractivity contribution is 5.92. The lowest BCUT2D eigenvalue weighted by molar-refractivity contribution is -0.142. The molecule has 3 N–H and O–H groups in total. The molecule has 176 valence electrons. The molecular weight excluding hydrogens is 424 g/mol. The number of nitrogens with zero attached hydrogens (tertiary/aromatic N) is 2. The number of pyridine rings is 1. The Morgan fingerprint density at radius 2 is 2.06 bits per heavy atom. The van der Waals surface area contributed by atoms with Crippen LogP contribution in [0.15, 0.2) is 42.6 Å². The quantitative estimate of drug-likeness (QED) is 0.551. The lowest BCUT2D eigenvalue weighted by Crippen LogP contribution is -2.47. The molecule has 2 aliphatic rings. The highest BCUT2D eigenvalue weighted by atomic mass is 16.6. The molecule has 2 aliphatic heterocycles. The zero-order valence-corrected chi connectivity index (χ0v) is 18.9. The van der Waals surface area contributed by atoms with Crippen LogP contribution < -0.4 is 15.4 Å². The molecule has 0 radical (unpaired) electrons. The van der Waals surface area contributed by atoms with Gasteiger partial charge in [0.05, 0.1) is 37.9 Å². The van der Waals surface area contributed by atoms with E-state index in [9.17, 15) is 14.7 Å². The lowest BCUT2D eigenvalue weighted by Gasteiger charge is -2.37. The maximum absolute atomic E-state index is 12.5. The van der Waals surface area contributed by atoms with Crippen LogP contribution in [-0.4, -0.2) is 72.4 Å². The molecule has 3 heterocycles. The Morgan fingerprint density at radius 1 is 1.21 bits per heavy atom. The zero-order chi connectivity index (χ0) is 23.4. The number of aliphatic hydroxyl groups is 1. The SMILES string of the molecule is CN(C)CC(=O)Nc1ccc2c(c1)[C@@H]1C[C@H](CC(=O)NCc3ccccn3)O[C@H](CO)[C@@H]1O2. The second kappa shape index (κ2) is 10.3. The summed E-state index contributed by atoms with van der Waals surface area (Å²) in [4.78, 5) is 30.7. The van der Waals surface area contributed by atoms with Crippen LogP contribution in [0.5, 0.6) is 5.75 Å². The number of anilines is 1. The van der Waals surface area contributed by atoms with E-state index in [0.29, 0.717) is 18.7 Å². The molecule has 1 aromatic heterocycles. The first-order valence-corrected chi connectivity index (χ1v) is 11.1. The molecular formula is C24H30N4O5. The highest BCUT2D eigenvalue weighted by Crippen LogP contribution is 2.47. The van der Waals surface area contributed by atoms with E-state index < -0.39 is 6.10 Å². The number of benzene rings is 1. The number of ether oxygens (including phenoxy) is 2. The fourth-order valence-electron chi connectivity index (χ4n) is 4.43. The molecule has 2 aromatic rings. The van der Waals surface area contributed by atoms with Crippen molar-refractivity contribution in [2.45, 2.75) is 43.6 Å². The predicted octanol–water partition coefficient (Wildman–Crippen LogP) is 1.28. The molecule has 0 unspecified atom stereocenters. The van der Waals surface area contributed by atoms with Gasteiger partial charge in [0.15, 0.2) is 0 Å². The van der Waals surface area contributed by atoms with Crippen molar-refractivity contribution in [3.05, 3.63) is 53.9 Å². The Balaban J connectivity index is 1.42. The minimum absolute atomic E-state index is 0.0369. The molecule has 0 saturated carbocycles. The van der Waals surface area contributed by atoms with E-state index in [1.807, 2.05) is 44.4 Å². The molecule has 0 aliphatic carbocycles. The number of aromatic nitrogens is 1. The number of rotatable bonds is 8. The van der Waals surface area contributed by atoms with Crippen molar-refractivity contribution in [1.82, 2.24) is 15.2 Å². The van der Waals surface area contributed by atoms with Crippen molar-refractivity contribution in [2.24, 2.45) is 0 Å². The first-order chi connectivity index (χ1) is 15.9. The van der Waals surface area contributed by atoms with E-state index in [1.165, 1.54) is 0 Å². The number of fused-ring (bicyclic) bond motifs is 3. The summed E-state index contributed by atoms with van der Waals surface area (Å²) in [5.41, 5.74) is 2.44. The van der Waals surface area contributed by atoms with Crippen LogP contribution in [0.1, 0.15) is 30.0 Å².